The number of nitrogens with one attached hydrogen (secondary N) is 1. The second-order valence-electron chi connectivity index (χ2n) is 10.7. The zero-order valence-electron chi connectivity index (χ0n) is 24.0. The van der Waals surface area contributed by atoms with Crippen LogP contribution in [0, 0.1) is 11.8 Å². The van der Waals surface area contributed by atoms with Crippen molar-refractivity contribution in [3.63, 3.8) is 0 Å². The minimum absolute atomic E-state index is 0.108. The van der Waals surface area contributed by atoms with E-state index in [1.54, 1.807) is 0 Å². The van der Waals surface area contributed by atoms with Gasteiger partial charge in [0.15, 0.2) is 0 Å². The average Bonchev–Trinajstić information content (AvgIpc) is 3.35. The molecule has 3 aromatic rings. The molecule has 0 amide bonds. The van der Waals surface area contributed by atoms with E-state index in [0.717, 1.165) is 79.5 Å². The van der Waals surface area contributed by atoms with E-state index in [4.69, 9.17) is 26.5 Å². The normalized spacial score (nSPS) is 16.2. The molecule has 0 unspecified atom stereocenters. The van der Waals surface area contributed by atoms with Crippen molar-refractivity contribution in [3.05, 3.63) is 75.4 Å². The lowest BCUT2D eigenvalue weighted by Crippen LogP contribution is -2.37. The first-order valence-corrected chi connectivity index (χ1v) is 16.6. The number of aromatic nitrogens is 2. The predicted octanol–water partition coefficient (Wildman–Crippen LogP) is 2.73. The van der Waals surface area contributed by atoms with E-state index in [2.05, 4.69) is 26.7 Å². The van der Waals surface area contributed by atoms with Crippen LogP contribution in [-0.4, -0.2) is 91.3 Å². The molecule has 1 fully saturated rings. The molecule has 0 saturated carbocycles. The van der Waals surface area contributed by atoms with Crippen LogP contribution in [0.25, 0.3) is 11.3 Å². The highest BCUT2D eigenvalue weighted by atomic mass is 35.5. The quantitative estimate of drug-likeness (QED) is 0.269. The Labute approximate surface area is 253 Å². The van der Waals surface area contributed by atoms with E-state index in [0.29, 0.717) is 43.2 Å². The molecule has 0 atom stereocenters. The summed E-state index contributed by atoms with van der Waals surface area (Å²) in [5, 5.41) is 17.7. The van der Waals surface area contributed by atoms with Gasteiger partial charge in [0.1, 0.15) is 0 Å². The molecule has 42 heavy (non-hydrogen) atoms. The summed E-state index contributed by atoms with van der Waals surface area (Å²) < 4.78 is 33.9. The standard InChI is InChI=1S/C31H38ClN5O4S/c1-42(39,40)36-15-11-30-28(23-36)31(34-37(30)14-2-13-35-16-19-41-20-17-35)27-9-10-29(32)26(21-27)8-7-24-3-5-25(6-4-24)22-33-12-18-38/h3-6,9-10,21,33,38H,2,11-20,22-23H2,1H3. The Kier molecular flexibility index (Phi) is 10.3. The summed E-state index contributed by atoms with van der Waals surface area (Å²) in [7, 11) is -3.33. The number of nitrogens with zero attached hydrogens (tertiary/aromatic N) is 4. The maximum Gasteiger partial charge on any atom is 0.211 e. The Balaban J connectivity index is 1.39. The molecule has 11 heteroatoms. The highest BCUT2D eigenvalue weighted by Gasteiger charge is 2.30. The van der Waals surface area contributed by atoms with Crippen molar-refractivity contribution in [1.82, 2.24) is 24.3 Å². The molecule has 0 aliphatic carbocycles. The minimum atomic E-state index is -3.33. The third-order valence-corrected chi connectivity index (χ3v) is 9.25. The van der Waals surface area contributed by atoms with E-state index in [1.165, 1.54) is 10.6 Å². The zero-order chi connectivity index (χ0) is 29.5. The van der Waals surface area contributed by atoms with Gasteiger partial charge in [0.05, 0.1) is 36.8 Å². The summed E-state index contributed by atoms with van der Waals surface area (Å²) in [6.07, 6.45) is 2.84. The Morgan fingerprint density at radius 3 is 2.60 bits per heavy atom. The number of halogens is 1. The SMILES string of the molecule is CS(=O)(=O)N1CCc2c(c(-c3ccc(Cl)c(C#Cc4ccc(CNCCO)cc4)c3)nn2CCCN2CCOCC2)C1. The van der Waals surface area contributed by atoms with E-state index in [1.807, 2.05) is 42.5 Å². The number of benzene rings is 2. The highest BCUT2D eigenvalue weighted by Crippen LogP contribution is 2.33. The molecule has 2 aromatic carbocycles. The third-order valence-electron chi connectivity index (χ3n) is 7.67. The summed E-state index contributed by atoms with van der Waals surface area (Å²) in [6, 6.07) is 13.7. The monoisotopic (exact) mass is 611 g/mol. The van der Waals surface area contributed by atoms with Gasteiger partial charge in [-0.15, -0.1) is 0 Å². The largest absolute Gasteiger partial charge is 0.395 e. The van der Waals surface area contributed by atoms with Crippen LogP contribution >= 0.6 is 11.6 Å². The number of sulfonamides is 1. The second-order valence-corrected chi connectivity index (χ2v) is 13.1. The van der Waals surface area contributed by atoms with E-state index < -0.39 is 10.0 Å². The van der Waals surface area contributed by atoms with Crippen molar-refractivity contribution < 1.29 is 18.3 Å². The highest BCUT2D eigenvalue weighted by molar-refractivity contribution is 7.88. The molecule has 2 aliphatic heterocycles. The van der Waals surface area contributed by atoms with Crippen molar-refractivity contribution in [1.29, 1.82) is 0 Å². The summed E-state index contributed by atoms with van der Waals surface area (Å²) in [5.41, 5.74) is 6.37. The van der Waals surface area contributed by atoms with E-state index in [9.17, 15) is 8.42 Å². The van der Waals surface area contributed by atoms with Crippen molar-refractivity contribution in [3.8, 4) is 23.1 Å². The lowest BCUT2D eigenvalue weighted by atomic mass is 10.0. The number of aryl methyl sites for hydroxylation is 1. The fourth-order valence-electron chi connectivity index (χ4n) is 5.36. The molecule has 0 spiro atoms. The Morgan fingerprint density at radius 1 is 1.07 bits per heavy atom. The Morgan fingerprint density at radius 2 is 1.86 bits per heavy atom. The minimum Gasteiger partial charge on any atom is -0.395 e. The van der Waals surface area contributed by atoms with Gasteiger partial charge in [-0.1, -0.05) is 41.6 Å². The number of ether oxygens (including phenoxy) is 1. The number of aliphatic hydroxyl groups excluding tert-OH is 1. The van der Waals surface area contributed by atoms with Crippen LogP contribution in [0.1, 0.15) is 34.4 Å². The van der Waals surface area contributed by atoms with Crippen molar-refractivity contribution in [2.45, 2.75) is 32.5 Å². The summed E-state index contributed by atoms with van der Waals surface area (Å²) in [5.74, 6) is 6.42. The van der Waals surface area contributed by atoms with Gasteiger partial charge in [-0.25, -0.2) is 8.42 Å². The van der Waals surface area contributed by atoms with Gasteiger partial charge in [0.25, 0.3) is 0 Å². The first kappa shape index (κ1) is 30.7. The first-order chi connectivity index (χ1) is 20.3. The van der Waals surface area contributed by atoms with Gasteiger partial charge in [0, 0.05) is 86.7 Å². The van der Waals surface area contributed by atoms with Crippen molar-refractivity contribution >= 4 is 21.6 Å². The molecule has 2 N–H and O–H groups in total. The Bertz CT molecular complexity index is 1540. The van der Waals surface area contributed by atoms with Gasteiger partial charge in [-0.05, 0) is 36.2 Å². The smallest absolute Gasteiger partial charge is 0.211 e. The van der Waals surface area contributed by atoms with Crippen molar-refractivity contribution in [2.75, 3.05) is 58.8 Å². The second kappa shape index (κ2) is 14.1. The molecule has 0 radical (unpaired) electrons. The lowest BCUT2D eigenvalue weighted by Gasteiger charge is -2.27. The molecular weight excluding hydrogens is 574 g/mol. The van der Waals surface area contributed by atoms with Crippen molar-refractivity contribution in [2.24, 2.45) is 0 Å². The summed E-state index contributed by atoms with van der Waals surface area (Å²) in [4.78, 5) is 2.41. The van der Waals surface area contributed by atoms with E-state index >= 15 is 0 Å². The third kappa shape index (κ3) is 7.79. The molecular formula is C31H38ClN5O4S. The summed E-state index contributed by atoms with van der Waals surface area (Å²) >= 11 is 6.56. The fraction of sp³-hybridized carbons (Fsp3) is 0.452. The van der Waals surface area contributed by atoms with Crippen LogP contribution in [0.15, 0.2) is 42.5 Å². The molecule has 9 nitrogen and oxygen atoms in total. The van der Waals surface area contributed by atoms with Crippen LogP contribution in [0.2, 0.25) is 5.02 Å². The van der Waals surface area contributed by atoms with Crippen LogP contribution in [0.5, 0.6) is 0 Å². The predicted molar refractivity (Wildman–Crippen MR) is 165 cm³/mol. The molecule has 2 aliphatic rings. The van der Waals surface area contributed by atoms with E-state index in [-0.39, 0.29) is 6.61 Å². The van der Waals surface area contributed by atoms with Gasteiger partial charge >= 0.3 is 0 Å². The topological polar surface area (TPSA) is 99.9 Å². The lowest BCUT2D eigenvalue weighted by molar-refractivity contribution is 0.0368. The molecule has 1 aromatic heterocycles. The van der Waals surface area contributed by atoms with Crippen LogP contribution in [0.3, 0.4) is 0 Å². The molecule has 0 bridgehead atoms. The van der Waals surface area contributed by atoms with Gasteiger partial charge in [0.2, 0.25) is 10.0 Å². The van der Waals surface area contributed by atoms with Crippen LogP contribution in [-0.2, 0) is 40.8 Å². The number of morpholine rings is 1. The molecule has 224 valence electrons. The molecule has 1 saturated heterocycles. The molecule has 3 heterocycles. The first-order valence-electron chi connectivity index (χ1n) is 14.4. The van der Waals surface area contributed by atoms with Gasteiger partial charge < -0.3 is 15.2 Å². The van der Waals surface area contributed by atoms with Crippen LogP contribution in [0.4, 0.5) is 0 Å². The fourth-order valence-corrected chi connectivity index (χ4v) is 6.31. The van der Waals surface area contributed by atoms with Crippen LogP contribution < -0.4 is 5.32 Å². The van der Waals surface area contributed by atoms with Gasteiger partial charge in [-0.3, -0.25) is 9.58 Å². The summed E-state index contributed by atoms with van der Waals surface area (Å²) in [6.45, 7) is 7.30. The maximum atomic E-state index is 12.4. The number of rotatable bonds is 10. The number of fused-ring (bicyclic) bond motifs is 1. The number of hydrogen-bond acceptors (Lipinski definition) is 7. The number of hydrogen-bond donors (Lipinski definition) is 2. The maximum absolute atomic E-state index is 12.4. The zero-order valence-corrected chi connectivity index (χ0v) is 25.6. The number of aliphatic hydroxyl groups is 1. The molecule has 5 rings (SSSR count). The average molecular weight is 612 g/mol. The van der Waals surface area contributed by atoms with Gasteiger partial charge in [-0.2, -0.15) is 9.40 Å². The Hall–Kier alpha value is -2.75.